The number of hydrogen-bond donors (Lipinski definition) is 2. The maximum Gasteiger partial charge on any atom is 0.408 e. The molecule has 0 aliphatic carbocycles. The Hall–Kier alpha value is -3.01. The number of nitrogens with zero attached hydrogens (tertiary/aromatic N) is 1. The summed E-state index contributed by atoms with van der Waals surface area (Å²) in [6.07, 6.45) is 3.02. The second kappa shape index (κ2) is 14.5. The minimum atomic E-state index is -1.07. The van der Waals surface area contributed by atoms with Crippen molar-refractivity contribution in [2.45, 2.75) is 58.7 Å². The lowest BCUT2D eigenvalue weighted by Gasteiger charge is -2.35. The number of thioether (sulfide) groups is 1. The van der Waals surface area contributed by atoms with Crippen molar-refractivity contribution < 1.29 is 28.7 Å². The predicted molar refractivity (Wildman–Crippen MR) is 142 cm³/mol. The van der Waals surface area contributed by atoms with E-state index in [1.807, 2.05) is 38.3 Å². The van der Waals surface area contributed by atoms with Gasteiger partial charge in [0.15, 0.2) is 0 Å². The minimum absolute atomic E-state index is 0.0364. The Kier molecular flexibility index (Phi) is 12.5. The standard InChI is InChI=1S/C26H39N3O6S/c1-9-14-29(24(32)19(13-15-36-8)28-25(33)35-26(4,5)6)22(23(31)27-16-20(30)34-7)21-17(2)11-10-12-18(21)3/h9-12,19,22H,1,13-16H2,2-8H3,(H,27,31)(H,28,33). The lowest BCUT2D eigenvalue weighted by molar-refractivity contribution is -0.144. The first kappa shape index (κ1) is 31.0. The van der Waals surface area contributed by atoms with Crippen LogP contribution in [0.2, 0.25) is 0 Å². The topological polar surface area (TPSA) is 114 Å². The molecule has 0 saturated heterocycles. The van der Waals surface area contributed by atoms with E-state index in [1.54, 1.807) is 20.8 Å². The van der Waals surface area contributed by atoms with E-state index in [0.29, 0.717) is 17.7 Å². The maximum absolute atomic E-state index is 13.9. The fraction of sp³-hybridized carbons (Fsp3) is 0.538. The van der Waals surface area contributed by atoms with E-state index in [9.17, 15) is 19.2 Å². The maximum atomic E-state index is 13.9. The summed E-state index contributed by atoms with van der Waals surface area (Å²) in [4.78, 5) is 53.0. The molecule has 0 fully saturated rings. The number of benzene rings is 1. The number of carbonyl (C=O) groups is 4. The van der Waals surface area contributed by atoms with Crippen LogP contribution < -0.4 is 10.6 Å². The highest BCUT2D eigenvalue weighted by Gasteiger charge is 2.37. The number of rotatable bonds is 12. The normalized spacial score (nSPS) is 12.6. The Balaban J connectivity index is 3.50. The highest BCUT2D eigenvalue weighted by atomic mass is 32.2. The van der Waals surface area contributed by atoms with Gasteiger partial charge < -0.3 is 25.0 Å². The summed E-state index contributed by atoms with van der Waals surface area (Å²) in [5.74, 6) is -1.03. The molecule has 2 atom stereocenters. The molecule has 3 amide bonds. The smallest absolute Gasteiger partial charge is 0.408 e. The molecule has 1 rings (SSSR count). The van der Waals surface area contributed by atoms with Crippen LogP contribution in [0, 0.1) is 13.8 Å². The summed E-state index contributed by atoms with van der Waals surface area (Å²) in [6.45, 7) is 12.4. The molecule has 0 saturated carbocycles. The molecule has 0 aliphatic heterocycles. The molecular formula is C26H39N3O6S. The van der Waals surface area contributed by atoms with Gasteiger partial charge in [-0.15, -0.1) is 6.58 Å². The van der Waals surface area contributed by atoms with E-state index in [-0.39, 0.29) is 13.1 Å². The molecule has 0 aromatic heterocycles. The van der Waals surface area contributed by atoms with Crippen molar-refractivity contribution in [3.05, 3.63) is 47.5 Å². The Morgan fingerprint density at radius 2 is 1.78 bits per heavy atom. The molecule has 200 valence electrons. The van der Waals surface area contributed by atoms with Gasteiger partial charge in [-0.25, -0.2) is 4.79 Å². The van der Waals surface area contributed by atoms with Crippen LogP contribution in [0.5, 0.6) is 0 Å². The SMILES string of the molecule is C=CCN(C(=O)C(CCSC)NC(=O)OC(C)(C)C)C(C(=O)NCC(=O)OC)c1c(C)cccc1C. The van der Waals surface area contributed by atoms with Crippen LogP contribution in [0.15, 0.2) is 30.9 Å². The molecule has 2 unspecified atom stereocenters. The van der Waals surface area contributed by atoms with E-state index in [2.05, 4.69) is 21.9 Å². The van der Waals surface area contributed by atoms with Crippen LogP contribution in [0.3, 0.4) is 0 Å². The van der Waals surface area contributed by atoms with Crippen molar-refractivity contribution in [1.29, 1.82) is 0 Å². The molecule has 2 N–H and O–H groups in total. The third kappa shape index (κ3) is 9.56. The largest absolute Gasteiger partial charge is 0.468 e. The van der Waals surface area contributed by atoms with Gasteiger partial charge in [-0.05, 0) is 69.7 Å². The second-order valence-electron chi connectivity index (χ2n) is 9.26. The van der Waals surface area contributed by atoms with Crippen LogP contribution in [0.1, 0.15) is 49.9 Å². The van der Waals surface area contributed by atoms with Gasteiger partial charge in [-0.1, -0.05) is 24.3 Å². The first-order chi connectivity index (χ1) is 16.9. The first-order valence-corrected chi connectivity index (χ1v) is 13.1. The molecule has 0 heterocycles. The molecular weight excluding hydrogens is 482 g/mol. The Bertz CT molecular complexity index is 924. The monoisotopic (exact) mass is 521 g/mol. The van der Waals surface area contributed by atoms with Gasteiger partial charge in [-0.3, -0.25) is 14.4 Å². The molecule has 0 radical (unpaired) electrons. The third-order valence-electron chi connectivity index (χ3n) is 5.22. The van der Waals surface area contributed by atoms with Gasteiger partial charge in [0.05, 0.1) is 7.11 Å². The number of ether oxygens (including phenoxy) is 2. The average Bonchev–Trinajstić information content (AvgIpc) is 2.79. The van der Waals surface area contributed by atoms with E-state index >= 15 is 0 Å². The number of alkyl carbamates (subject to hydrolysis) is 1. The Morgan fingerprint density at radius 3 is 2.28 bits per heavy atom. The van der Waals surface area contributed by atoms with Gasteiger partial charge in [-0.2, -0.15) is 11.8 Å². The zero-order valence-corrected chi connectivity index (χ0v) is 23.1. The number of aryl methyl sites for hydroxylation is 2. The Morgan fingerprint density at radius 1 is 1.17 bits per heavy atom. The van der Waals surface area contributed by atoms with Crippen molar-refractivity contribution >= 4 is 35.6 Å². The molecule has 9 nitrogen and oxygen atoms in total. The average molecular weight is 522 g/mol. The number of esters is 1. The van der Waals surface area contributed by atoms with Crippen molar-refractivity contribution in [1.82, 2.24) is 15.5 Å². The minimum Gasteiger partial charge on any atom is -0.468 e. The van der Waals surface area contributed by atoms with Crippen molar-refractivity contribution in [2.24, 2.45) is 0 Å². The van der Waals surface area contributed by atoms with E-state index in [1.165, 1.54) is 29.8 Å². The molecule has 1 aromatic rings. The van der Waals surface area contributed by atoms with E-state index < -0.39 is 41.6 Å². The van der Waals surface area contributed by atoms with Crippen LogP contribution >= 0.6 is 11.8 Å². The summed E-state index contributed by atoms with van der Waals surface area (Å²) < 4.78 is 10.0. The van der Waals surface area contributed by atoms with Gasteiger partial charge in [0.2, 0.25) is 11.8 Å². The highest BCUT2D eigenvalue weighted by molar-refractivity contribution is 7.98. The fourth-order valence-electron chi connectivity index (χ4n) is 3.62. The molecule has 36 heavy (non-hydrogen) atoms. The lowest BCUT2D eigenvalue weighted by Crippen LogP contribution is -2.53. The molecule has 0 bridgehead atoms. The van der Waals surface area contributed by atoms with Gasteiger partial charge in [0, 0.05) is 6.54 Å². The summed E-state index contributed by atoms with van der Waals surface area (Å²) >= 11 is 1.53. The summed E-state index contributed by atoms with van der Waals surface area (Å²) in [6, 6.07) is 3.56. The summed E-state index contributed by atoms with van der Waals surface area (Å²) in [5, 5.41) is 5.25. The molecule has 1 aromatic carbocycles. The van der Waals surface area contributed by atoms with E-state index in [4.69, 9.17) is 4.74 Å². The highest BCUT2D eigenvalue weighted by Crippen LogP contribution is 2.29. The van der Waals surface area contributed by atoms with E-state index in [0.717, 1.165) is 11.1 Å². The fourth-order valence-corrected chi connectivity index (χ4v) is 4.09. The van der Waals surface area contributed by atoms with Crippen LogP contribution in [-0.2, 0) is 23.9 Å². The van der Waals surface area contributed by atoms with Crippen molar-refractivity contribution in [3.8, 4) is 0 Å². The molecule has 10 heteroatoms. The molecule has 0 spiro atoms. The van der Waals surface area contributed by atoms with Crippen LogP contribution in [0.4, 0.5) is 4.79 Å². The second-order valence-corrected chi connectivity index (χ2v) is 10.2. The van der Waals surface area contributed by atoms with Gasteiger partial charge in [0.25, 0.3) is 0 Å². The van der Waals surface area contributed by atoms with Crippen LogP contribution in [0.25, 0.3) is 0 Å². The summed E-state index contributed by atoms with van der Waals surface area (Å²) in [5.41, 5.74) is 1.50. The zero-order chi connectivity index (χ0) is 27.5. The van der Waals surface area contributed by atoms with Crippen LogP contribution in [-0.4, -0.2) is 72.6 Å². The van der Waals surface area contributed by atoms with Gasteiger partial charge in [0.1, 0.15) is 24.2 Å². The van der Waals surface area contributed by atoms with Crippen molar-refractivity contribution in [3.63, 3.8) is 0 Å². The molecule has 0 aliphatic rings. The quantitative estimate of drug-likeness (QED) is 0.320. The number of carbonyl (C=O) groups excluding carboxylic acids is 4. The first-order valence-electron chi connectivity index (χ1n) is 11.7. The third-order valence-corrected chi connectivity index (χ3v) is 5.86. The van der Waals surface area contributed by atoms with Crippen molar-refractivity contribution in [2.75, 3.05) is 32.2 Å². The number of amides is 3. The Labute approximate surface area is 218 Å². The lowest BCUT2D eigenvalue weighted by atomic mass is 9.93. The number of methoxy groups -OCH3 is 1. The van der Waals surface area contributed by atoms with Gasteiger partial charge >= 0.3 is 12.1 Å². The number of nitrogens with one attached hydrogen (secondary N) is 2. The summed E-state index contributed by atoms with van der Waals surface area (Å²) in [7, 11) is 1.23. The zero-order valence-electron chi connectivity index (χ0n) is 22.3. The predicted octanol–water partition coefficient (Wildman–Crippen LogP) is 3.29. The number of hydrogen-bond acceptors (Lipinski definition) is 7.